The Morgan fingerprint density at radius 3 is 2.81 bits per heavy atom. The molecule has 0 amide bonds. The summed E-state index contributed by atoms with van der Waals surface area (Å²) in [4.78, 5) is 12.9. The molecule has 1 aromatic rings. The molecule has 1 saturated heterocycles. The zero-order valence-corrected chi connectivity index (χ0v) is 12.6. The van der Waals surface area contributed by atoms with Gasteiger partial charge >= 0.3 is 5.97 Å². The molecular weight excluding hydrogens is 262 g/mol. The van der Waals surface area contributed by atoms with Gasteiger partial charge in [0.05, 0.1) is 6.42 Å². The highest BCUT2D eigenvalue weighted by atomic mass is 16.4. The lowest BCUT2D eigenvalue weighted by Gasteiger charge is -2.14. The Bertz CT molecular complexity index is 473. The second-order valence-electron chi connectivity index (χ2n) is 6.69. The van der Waals surface area contributed by atoms with Gasteiger partial charge in [-0.2, -0.15) is 0 Å². The standard InChI is InChI=1S/C18H25NO2/c20-18(21)9-11-19-10-8-14(13-19)6-7-16-12-17(16)15-4-2-1-3-5-15/h1-5,14,16-17H,6-13H2,(H,20,21)/t14?,16-,17+/m1/s1. The van der Waals surface area contributed by atoms with Crippen LogP contribution in [0.3, 0.4) is 0 Å². The first kappa shape index (κ1) is 14.6. The zero-order valence-electron chi connectivity index (χ0n) is 12.6. The molecule has 3 heteroatoms. The maximum atomic E-state index is 10.6. The van der Waals surface area contributed by atoms with Gasteiger partial charge in [0.25, 0.3) is 0 Å². The van der Waals surface area contributed by atoms with Gasteiger partial charge in [0.15, 0.2) is 0 Å². The van der Waals surface area contributed by atoms with E-state index in [2.05, 4.69) is 35.2 Å². The molecule has 0 spiro atoms. The van der Waals surface area contributed by atoms with Crippen molar-refractivity contribution >= 4 is 5.97 Å². The summed E-state index contributed by atoms with van der Waals surface area (Å²) in [6.45, 7) is 2.92. The van der Waals surface area contributed by atoms with Crippen LogP contribution in [0.4, 0.5) is 0 Å². The zero-order chi connectivity index (χ0) is 14.7. The van der Waals surface area contributed by atoms with Gasteiger partial charge < -0.3 is 10.0 Å². The van der Waals surface area contributed by atoms with Crippen LogP contribution in [-0.4, -0.2) is 35.6 Å². The highest BCUT2D eigenvalue weighted by Gasteiger charge is 2.38. The van der Waals surface area contributed by atoms with Crippen LogP contribution in [0.25, 0.3) is 0 Å². The van der Waals surface area contributed by atoms with E-state index in [1.165, 1.54) is 31.2 Å². The summed E-state index contributed by atoms with van der Waals surface area (Å²) in [5, 5.41) is 8.73. The van der Waals surface area contributed by atoms with Crippen molar-refractivity contribution in [3.8, 4) is 0 Å². The van der Waals surface area contributed by atoms with E-state index in [1.807, 2.05) is 0 Å². The number of benzene rings is 1. The summed E-state index contributed by atoms with van der Waals surface area (Å²) < 4.78 is 0. The molecule has 0 aromatic heterocycles. The number of carboxylic acids is 1. The van der Waals surface area contributed by atoms with Gasteiger partial charge in [-0.25, -0.2) is 0 Å². The van der Waals surface area contributed by atoms with Crippen molar-refractivity contribution in [3.05, 3.63) is 35.9 Å². The molecule has 3 rings (SSSR count). The molecule has 2 aliphatic rings. The lowest BCUT2D eigenvalue weighted by Crippen LogP contribution is -2.23. The minimum absolute atomic E-state index is 0.283. The van der Waals surface area contributed by atoms with E-state index in [9.17, 15) is 4.79 Å². The Labute approximate surface area is 127 Å². The fourth-order valence-corrected chi connectivity index (χ4v) is 3.73. The normalized spacial score (nSPS) is 28.7. The van der Waals surface area contributed by atoms with Gasteiger partial charge in [-0.05, 0) is 55.5 Å². The first-order chi connectivity index (χ1) is 10.2. The number of carboxylic acid groups (broad SMARTS) is 1. The SMILES string of the molecule is O=C(O)CCN1CCC(CC[C@@H]2C[C@H]2c2ccccc2)C1. The third-order valence-corrected chi connectivity index (χ3v) is 5.11. The number of carbonyl (C=O) groups is 1. The third kappa shape index (κ3) is 4.07. The Morgan fingerprint density at radius 1 is 1.24 bits per heavy atom. The van der Waals surface area contributed by atoms with Gasteiger partial charge in [-0.3, -0.25) is 4.79 Å². The number of hydrogen-bond acceptors (Lipinski definition) is 2. The minimum atomic E-state index is -0.679. The Morgan fingerprint density at radius 2 is 2.05 bits per heavy atom. The first-order valence-corrected chi connectivity index (χ1v) is 8.21. The van der Waals surface area contributed by atoms with Gasteiger partial charge in [-0.15, -0.1) is 0 Å². The molecule has 3 atom stereocenters. The van der Waals surface area contributed by atoms with Crippen LogP contribution in [-0.2, 0) is 4.79 Å². The predicted octanol–water partition coefficient (Wildman–Crippen LogP) is 3.37. The first-order valence-electron chi connectivity index (χ1n) is 8.21. The average molecular weight is 287 g/mol. The molecule has 21 heavy (non-hydrogen) atoms. The van der Waals surface area contributed by atoms with Crippen molar-refractivity contribution < 1.29 is 9.90 Å². The summed E-state index contributed by atoms with van der Waals surface area (Å²) in [6, 6.07) is 10.9. The number of rotatable bonds is 7. The molecule has 1 aliphatic carbocycles. The van der Waals surface area contributed by atoms with Crippen molar-refractivity contribution in [2.75, 3.05) is 19.6 Å². The van der Waals surface area contributed by atoms with Crippen molar-refractivity contribution in [1.29, 1.82) is 0 Å². The second-order valence-corrected chi connectivity index (χ2v) is 6.69. The van der Waals surface area contributed by atoms with Crippen molar-refractivity contribution in [2.24, 2.45) is 11.8 Å². The van der Waals surface area contributed by atoms with E-state index in [4.69, 9.17) is 5.11 Å². The van der Waals surface area contributed by atoms with Gasteiger partial charge in [0.2, 0.25) is 0 Å². The van der Waals surface area contributed by atoms with Gasteiger partial charge in [0.1, 0.15) is 0 Å². The van der Waals surface area contributed by atoms with Gasteiger partial charge in [-0.1, -0.05) is 30.3 Å². The third-order valence-electron chi connectivity index (χ3n) is 5.11. The summed E-state index contributed by atoms with van der Waals surface area (Å²) in [7, 11) is 0. The van der Waals surface area contributed by atoms with Crippen LogP contribution in [0.15, 0.2) is 30.3 Å². The lowest BCUT2D eigenvalue weighted by atomic mass is 9.99. The van der Waals surface area contributed by atoms with E-state index in [-0.39, 0.29) is 6.42 Å². The highest BCUT2D eigenvalue weighted by molar-refractivity contribution is 5.66. The average Bonchev–Trinajstić information content (AvgIpc) is 3.13. The summed E-state index contributed by atoms with van der Waals surface area (Å²) in [5.41, 5.74) is 1.51. The van der Waals surface area contributed by atoms with Crippen LogP contribution in [0.1, 0.15) is 43.6 Å². The van der Waals surface area contributed by atoms with Crippen molar-refractivity contribution in [2.45, 2.75) is 38.0 Å². The number of nitrogens with zero attached hydrogens (tertiary/aromatic N) is 1. The molecule has 1 unspecified atom stereocenters. The molecule has 0 radical (unpaired) electrons. The topological polar surface area (TPSA) is 40.5 Å². The maximum absolute atomic E-state index is 10.6. The summed E-state index contributed by atoms with van der Waals surface area (Å²) in [5.74, 6) is 1.80. The Kier molecular flexibility index (Phi) is 4.59. The molecule has 3 nitrogen and oxygen atoms in total. The fraction of sp³-hybridized carbons (Fsp3) is 0.611. The highest BCUT2D eigenvalue weighted by Crippen LogP contribution is 2.50. The van der Waals surface area contributed by atoms with Crippen LogP contribution >= 0.6 is 0 Å². The second kappa shape index (κ2) is 6.61. The fourth-order valence-electron chi connectivity index (χ4n) is 3.73. The maximum Gasteiger partial charge on any atom is 0.304 e. The Balaban J connectivity index is 1.35. The summed E-state index contributed by atoms with van der Waals surface area (Å²) >= 11 is 0. The van der Waals surface area contributed by atoms with E-state index < -0.39 is 5.97 Å². The molecule has 1 aliphatic heterocycles. The van der Waals surface area contributed by atoms with Crippen molar-refractivity contribution in [3.63, 3.8) is 0 Å². The summed E-state index contributed by atoms with van der Waals surface area (Å²) in [6.07, 6.45) is 5.56. The lowest BCUT2D eigenvalue weighted by molar-refractivity contribution is -0.137. The van der Waals surface area contributed by atoms with Crippen LogP contribution in [0, 0.1) is 11.8 Å². The van der Waals surface area contributed by atoms with Gasteiger partial charge in [0, 0.05) is 13.1 Å². The molecule has 114 valence electrons. The molecule has 1 heterocycles. The molecule has 0 bridgehead atoms. The molecular formula is C18H25NO2. The monoisotopic (exact) mass is 287 g/mol. The predicted molar refractivity (Wildman–Crippen MR) is 83.3 cm³/mol. The molecule has 1 aromatic carbocycles. The van der Waals surface area contributed by atoms with E-state index in [1.54, 1.807) is 0 Å². The molecule has 1 N–H and O–H groups in total. The Hall–Kier alpha value is -1.35. The van der Waals surface area contributed by atoms with E-state index >= 15 is 0 Å². The largest absolute Gasteiger partial charge is 0.481 e. The minimum Gasteiger partial charge on any atom is -0.481 e. The quantitative estimate of drug-likeness (QED) is 0.836. The van der Waals surface area contributed by atoms with Crippen LogP contribution < -0.4 is 0 Å². The van der Waals surface area contributed by atoms with Crippen LogP contribution in [0.5, 0.6) is 0 Å². The smallest absolute Gasteiger partial charge is 0.304 e. The number of likely N-dealkylation sites (tertiary alicyclic amines) is 1. The number of aliphatic carboxylic acids is 1. The number of hydrogen-bond donors (Lipinski definition) is 1. The van der Waals surface area contributed by atoms with E-state index in [0.717, 1.165) is 37.4 Å². The molecule has 1 saturated carbocycles. The van der Waals surface area contributed by atoms with Crippen LogP contribution in [0.2, 0.25) is 0 Å². The van der Waals surface area contributed by atoms with Crippen molar-refractivity contribution in [1.82, 2.24) is 4.90 Å². The molecule has 2 fully saturated rings. The van der Waals surface area contributed by atoms with E-state index in [0.29, 0.717) is 0 Å².